The van der Waals surface area contributed by atoms with Crippen molar-refractivity contribution in [3.63, 3.8) is 0 Å². The summed E-state index contributed by atoms with van der Waals surface area (Å²) in [6.07, 6.45) is 6.85. The van der Waals surface area contributed by atoms with Crippen LogP contribution < -0.4 is 15.4 Å². The molecule has 0 radical (unpaired) electrons. The van der Waals surface area contributed by atoms with Crippen LogP contribution in [-0.4, -0.2) is 52.0 Å². The molecule has 12 heteroatoms. The predicted octanol–water partition coefficient (Wildman–Crippen LogP) is 5.25. The van der Waals surface area contributed by atoms with Crippen LogP contribution >= 0.6 is 23.1 Å². The summed E-state index contributed by atoms with van der Waals surface area (Å²) in [5.74, 6) is 0.574. The number of methoxy groups -OCH3 is 1. The van der Waals surface area contributed by atoms with Gasteiger partial charge in [-0.1, -0.05) is 31.5 Å². The number of aryl methyl sites for hydroxylation is 1. The van der Waals surface area contributed by atoms with Crippen LogP contribution in [0.4, 0.5) is 5.00 Å². The van der Waals surface area contributed by atoms with Crippen molar-refractivity contribution < 1.29 is 23.9 Å². The molecule has 0 saturated carbocycles. The molecule has 1 aliphatic carbocycles. The Morgan fingerprint density at radius 3 is 2.59 bits per heavy atom. The SMILES string of the molecule is CCCCn1c(CNC(=O)c2ccc(OC)cc2)nnc1SCC(=O)Nc1sc2c(c1C(=O)OCC)CCCCC2. The van der Waals surface area contributed by atoms with Crippen LogP contribution in [0, 0.1) is 0 Å². The van der Waals surface area contributed by atoms with Gasteiger partial charge in [0.25, 0.3) is 5.91 Å². The predicted molar refractivity (Wildman–Crippen MR) is 160 cm³/mol. The van der Waals surface area contributed by atoms with E-state index in [1.165, 1.54) is 23.1 Å². The topological polar surface area (TPSA) is 124 Å². The number of hydrogen-bond acceptors (Lipinski definition) is 9. The van der Waals surface area contributed by atoms with Crippen molar-refractivity contribution in [2.24, 2.45) is 0 Å². The van der Waals surface area contributed by atoms with Gasteiger partial charge in [0.2, 0.25) is 5.91 Å². The minimum Gasteiger partial charge on any atom is -0.497 e. The van der Waals surface area contributed by atoms with Gasteiger partial charge < -0.3 is 24.7 Å². The maximum absolute atomic E-state index is 13.0. The number of carbonyl (C=O) groups is 3. The third kappa shape index (κ3) is 7.88. The number of ether oxygens (including phenoxy) is 2. The molecule has 1 aromatic carbocycles. The van der Waals surface area contributed by atoms with E-state index in [2.05, 4.69) is 27.8 Å². The number of esters is 1. The molecular formula is C29H37N5O5S2. The number of thioether (sulfide) groups is 1. The summed E-state index contributed by atoms with van der Waals surface area (Å²) in [5.41, 5.74) is 2.05. The summed E-state index contributed by atoms with van der Waals surface area (Å²) in [6.45, 7) is 5.04. The summed E-state index contributed by atoms with van der Waals surface area (Å²) < 4.78 is 12.4. The Bertz CT molecular complexity index is 1350. The van der Waals surface area contributed by atoms with Gasteiger partial charge >= 0.3 is 5.97 Å². The number of thiophene rings is 1. The lowest BCUT2D eigenvalue weighted by atomic mass is 10.1. The minimum absolute atomic E-state index is 0.104. The molecule has 4 rings (SSSR count). The van der Waals surface area contributed by atoms with Gasteiger partial charge in [-0.05, 0) is 68.9 Å². The highest BCUT2D eigenvalue weighted by atomic mass is 32.2. The number of hydrogen-bond donors (Lipinski definition) is 2. The van der Waals surface area contributed by atoms with Crippen LogP contribution in [0.5, 0.6) is 5.75 Å². The lowest BCUT2D eigenvalue weighted by Gasteiger charge is -2.11. The molecule has 2 aromatic heterocycles. The number of fused-ring (bicyclic) bond motifs is 1. The molecule has 0 fully saturated rings. The summed E-state index contributed by atoms with van der Waals surface area (Å²) in [5, 5.41) is 15.7. The zero-order chi connectivity index (χ0) is 29.2. The second kappa shape index (κ2) is 15.0. The molecule has 0 bridgehead atoms. The van der Waals surface area contributed by atoms with Crippen molar-refractivity contribution in [2.45, 2.75) is 77.0 Å². The van der Waals surface area contributed by atoms with Gasteiger partial charge in [-0.2, -0.15) is 0 Å². The summed E-state index contributed by atoms with van der Waals surface area (Å²) in [7, 11) is 1.58. The van der Waals surface area contributed by atoms with E-state index in [-0.39, 0.29) is 36.7 Å². The van der Waals surface area contributed by atoms with E-state index in [4.69, 9.17) is 9.47 Å². The van der Waals surface area contributed by atoms with Gasteiger partial charge in [0.15, 0.2) is 11.0 Å². The van der Waals surface area contributed by atoms with E-state index in [1.54, 1.807) is 38.3 Å². The highest BCUT2D eigenvalue weighted by molar-refractivity contribution is 7.99. The van der Waals surface area contributed by atoms with Gasteiger partial charge in [-0.25, -0.2) is 4.79 Å². The zero-order valence-electron chi connectivity index (χ0n) is 23.8. The molecule has 0 spiro atoms. The zero-order valence-corrected chi connectivity index (χ0v) is 25.4. The van der Waals surface area contributed by atoms with Crippen molar-refractivity contribution in [2.75, 3.05) is 24.8 Å². The highest BCUT2D eigenvalue weighted by Crippen LogP contribution is 2.38. The molecule has 10 nitrogen and oxygen atoms in total. The lowest BCUT2D eigenvalue weighted by Crippen LogP contribution is -2.25. The Morgan fingerprint density at radius 2 is 1.85 bits per heavy atom. The van der Waals surface area contributed by atoms with Crippen molar-refractivity contribution in [1.82, 2.24) is 20.1 Å². The number of rotatable bonds is 13. The number of anilines is 1. The number of benzene rings is 1. The normalized spacial score (nSPS) is 12.8. The van der Waals surface area contributed by atoms with Crippen LogP contribution in [0.1, 0.15) is 82.9 Å². The fraction of sp³-hybridized carbons (Fsp3) is 0.483. The monoisotopic (exact) mass is 599 g/mol. The molecule has 0 aliphatic heterocycles. The van der Waals surface area contributed by atoms with Gasteiger partial charge in [0.05, 0.1) is 31.6 Å². The largest absolute Gasteiger partial charge is 0.497 e. The first-order chi connectivity index (χ1) is 19.9. The van der Waals surface area contributed by atoms with Crippen LogP contribution in [-0.2, 0) is 35.5 Å². The first kappa shape index (κ1) is 30.6. The first-order valence-corrected chi connectivity index (χ1v) is 15.8. The Morgan fingerprint density at radius 1 is 1.07 bits per heavy atom. The van der Waals surface area contributed by atoms with Gasteiger partial charge in [0.1, 0.15) is 10.8 Å². The molecule has 0 atom stereocenters. The summed E-state index contributed by atoms with van der Waals surface area (Å²) >= 11 is 2.77. The fourth-order valence-electron chi connectivity index (χ4n) is 4.64. The quantitative estimate of drug-likeness (QED) is 0.155. The van der Waals surface area contributed by atoms with E-state index in [1.807, 2.05) is 4.57 Å². The van der Waals surface area contributed by atoms with E-state index in [0.29, 0.717) is 39.4 Å². The second-order valence-corrected chi connectivity index (χ2v) is 11.7. The van der Waals surface area contributed by atoms with Gasteiger partial charge in [-0.15, -0.1) is 21.5 Å². The van der Waals surface area contributed by atoms with Crippen molar-refractivity contribution in [3.8, 4) is 5.75 Å². The maximum atomic E-state index is 13.0. The van der Waals surface area contributed by atoms with E-state index in [0.717, 1.165) is 55.4 Å². The highest BCUT2D eigenvalue weighted by Gasteiger charge is 2.27. The Balaban J connectivity index is 1.42. The molecule has 3 aromatic rings. The molecule has 2 amide bonds. The van der Waals surface area contributed by atoms with Crippen molar-refractivity contribution in [1.29, 1.82) is 0 Å². The molecule has 0 saturated heterocycles. The molecule has 2 N–H and O–H groups in total. The molecular weight excluding hydrogens is 562 g/mol. The third-order valence-electron chi connectivity index (χ3n) is 6.77. The van der Waals surface area contributed by atoms with Crippen LogP contribution in [0.2, 0.25) is 0 Å². The Kier molecular flexibility index (Phi) is 11.2. The fourth-order valence-corrected chi connectivity index (χ4v) is 6.72. The molecule has 41 heavy (non-hydrogen) atoms. The van der Waals surface area contributed by atoms with Crippen LogP contribution in [0.15, 0.2) is 29.4 Å². The van der Waals surface area contributed by atoms with Crippen LogP contribution in [0.25, 0.3) is 0 Å². The first-order valence-electron chi connectivity index (χ1n) is 14.0. The molecule has 220 valence electrons. The standard InChI is InChI=1S/C29H37N5O5S2/c1-4-6-16-34-23(17-30-26(36)19-12-14-20(38-3)15-13-19)32-33-29(34)40-18-24(35)31-27-25(28(37)39-5-2)21-10-8-7-9-11-22(21)41-27/h12-15H,4-11,16-18H2,1-3H3,(H,30,36)(H,31,35). The number of amides is 2. The lowest BCUT2D eigenvalue weighted by molar-refractivity contribution is -0.113. The third-order valence-corrected chi connectivity index (χ3v) is 8.95. The Hall–Kier alpha value is -3.38. The van der Waals surface area contributed by atoms with Gasteiger partial charge in [-0.3, -0.25) is 9.59 Å². The average molecular weight is 600 g/mol. The molecule has 0 unspecified atom stereocenters. The average Bonchev–Trinajstić information content (AvgIpc) is 3.44. The van der Waals surface area contributed by atoms with Crippen molar-refractivity contribution in [3.05, 3.63) is 51.7 Å². The number of carbonyl (C=O) groups excluding carboxylic acids is 3. The number of aromatic nitrogens is 3. The smallest absolute Gasteiger partial charge is 0.341 e. The number of unbranched alkanes of at least 4 members (excludes halogenated alkanes) is 1. The van der Waals surface area contributed by atoms with E-state index in [9.17, 15) is 14.4 Å². The van der Waals surface area contributed by atoms with Gasteiger partial charge in [0, 0.05) is 17.0 Å². The summed E-state index contributed by atoms with van der Waals surface area (Å²) in [6, 6.07) is 6.88. The number of nitrogens with one attached hydrogen (secondary N) is 2. The second-order valence-electron chi connectivity index (χ2n) is 9.64. The van der Waals surface area contributed by atoms with Crippen LogP contribution in [0.3, 0.4) is 0 Å². The van der Waals surface area contributed by atoms with E-state index < -0.39 is 0 Å². The van der Waals surface area contributed by atoms with Crippen molar-refractivity contribution >= 4 is 45.9 Å². The Labute approximate surface area is 248 Å². The molecule has 2 heterocycles. The summed E-state index contributed by atoms with van der Waals surface area (Å²) in [4.78, 5) is 39.7. The van der Waals surface area contributed by atoms with E-state index >= 15 is 0 Å². The number of nitrogens with zero attached hydrogens (tertiary/aromatic N) is 3. The minimum atomic E-state index is -0.379. The molecule has 1 aliphatic rings. The maximum Gasteiger partial charge on any atom is 0.341 e.